The van der Waals surface area contributed by atoms with Crippen LogP contribution >= 0.6 is 0 Å². The summed E-state index contributed by atoms with van der Waals surface area (Å²) in [5, 5.41) is 2.96. The van der Waals surface area contributed by atoms with Crippen LogP contribution in [0.1, 0.15) is 24.6 Å². The van der Waals surface area contributed by atoms with Crippen molar-refractivity contribution < 1.29 is 13.9 Å². The highest BCUT2D eigenvalue weighted by atomic mass is 16.5. The third-order valence-electron chi connectivity index (χ3n) is 4.40. The van der Waals surface area contributed by atoms with Gasteiger partial charge in [-0.3, -0.25) is 9.69 Å². The van der Waals surface area contributed by atoms with Crippen LogP contribution in [-0.2, 0) is 23.0 Å². The molecule has 2 aromatic heterocycles. The predicted molar refractivity (Wildman–Crippen MR) is 88.4 cm³/mol. The van der Waals surface area contributed by atoms with Crippen molar-refractivity contribution in [1.82, 2.24) is 19.8 Å². The smallest absolute Gasteiger partial charge is 0.227 e. The highest BCUT2D eigenvalue weighted by Gasteiger charge is 2.35. The second kappa shape index (κ2) is 7.63. The highest BCUT2D eigenvalue weighted by molar-refractivity contribution is 5.77. The van der Waals surface area contributed by atoms with Crippen LogP contribution in [0.25, 0.3) is 0 Å². The van der Waals surface area contributed by atoms with Crippen LogP contribution in [0.5, 0.6) is 0 Å². The second-order valence-corrected chi connectivity index (χ2v) is 5.94. The number of nitrogens with zero attached hydrogens (tertiary/aromatic N) is 3. The summed E-state index contributed by atoms with van der Waals surface area (Å²) < 4.78 is 13.2. The Kier molecular flexibility index (Phi) is 5.32. The number of rotatable bonds is 6. The van der Waals surface area contributed by atoms with E-state index < -0.39 is 0 Å². The molecule has 0 unspecified atom stereocenters. The molecule has 0 aliphatic carbocycles. The van der Waals surface area contributed by atoms with Crippen molar-refractivity contribution >= 4 is 5.91 Å². The average molecular weight is 332 g/mol. The number of hydrogen-bond acceptors (Lipinski definition) is 5. The molecule has 24 heavy (non-hydrogen) atoms. The van der Waals surface area contributed by atoms with Crippen molar-refractivity contribution in [2.45, 2.75) is 25.5 Å². The number of morpholine rings is 1. The quantitative estimate of drug-likeness (QED) is 0.859. The summed E-state index contributed by atoms with van der Waals surface area (Å²) in [6.45, 7) is 5.03. The lowest BCUT2D eigenvalue weighted by molar-refractivity contribution is -0.123. The minimum absolute atomic E-state index is 0.0349. The van der Waals surface area contributed by atoms with E-state index in [4.69, 9.17) is 9.15 Å². The number of aromatic nitrogens is 2. The van der Waals surface area contributed by atoms with Crippen LogP contribution in [0.2, 0.25) is 0 Å². The molecule has 1 N–H and O–H groups in total. The monoisotopic (exact) mass is 332 g/mol. The van der Waals surface area contributed by atoms with E-state index in [1.54, 1.807) is 24.6 Å². The lowest BCUT2D eigenvalue weighted by atomic mass is 10.1. The van der Waals surface area contributed by atoms with Gasteiger partial charge in [-0.2, -0.15) is 0 Å². The topological polar surface area (TPSA) is 72.5 Å². The summed E-state index contributed by atoms with van der Waals surface area (Å²) in [5.74, 6) is 1.55. The van der Waals surface area contributed by atoms with E-state index in [0.29, 0.717) is 18.9 Å². The summed E-state index contributed by atoms with van der Waals surface area (Å²) in [7, 11) is 1.98. The van der Waals surface area contributed by atoms with Gasteiger partial charge in [-0.25, -0.2) is 4.98 Å². The minimum atomic E-state index is -0.125. The molecule has 7 nitrogen and oxygen atoms in total. The summed E-state index contributed by atoms with van der Waals surface area (Å²) >= 11 is 0. The number of carbonyl (C=O) groups is 1. The molecule has 0 bridgehead atoms. The largest absolute Gasteiger partial charge is 0.469 e. The Labute approximate surface area is 141 Å². The van der Waals surface area contributed by atoms with Crippen LogP contribution in [0, 0.1) is 0 Å². The van der Waals surface area contributed by atoms with Crippen LogP contribution in [0.15, 0.2) is 35.2 Å². The van der Waals surface area contributed by atoms with Crippen molar-refractivity contribution in [1.29, 1.82) is 0 Å². The van der Waals surface area contributed by atoms with Gasteiger partial charge in [0.05, 0.1) is 31.4 Å². The molecular formula is C17H24N4O3. The van der Waals surface area contributed by atoms with Gasteiger partial charge in [0.1, 0.15) is 11.6 Å². The molecule has 2 aromatic rings. The first-order chi connectivity index (χ1) is 11.7. The summed E-state index contributed by atoms with van der Waals surface area (Å²) in [5.41, 5.74) is 0. The maximum Gasteiger partial charge on any atom is 0.227 e. The van der Waals surface area contributed by atoms with Gasteiger partial charge in [0.2, 0.25) is 5.91 Å². The Bertz CT molecular complexity index is 653. The van der Waals surface area contributed by atoms with E-state index in [1.165, 1.54) is 0 Å². The number of ether oxygens (including phenoxy) is 1. The number of hydrogen-bond donors (Lipinski definition) is 1. The number of furan rings is 1. The third kappa shape index (κ3) is 3.68. The highest BCUT2D eigenvalue weighted by Crippen LogP contribution is 2.27. The fourth-order valence-corrected chi connectivity index (χ4v) is 3.15. The van der Waals surface area contributed by atoms with Gasteiger partial charge in [-0.05, 0) is 18.7 Å². The molecule has 0 saturated carbocycles. The van der Waals surface area contributed by atoms with Gasteiger partial charge in [0.25, 0.3) is 0 Å². The molecule has 3 heterocycles. The second-order valence-electron chi connectivity index (χ2n) is 5.94. The number of likely N-dealkylation sites (N-methyl/N-ethyl adjacent to an activating group) is 1. The van der Waals surface area contributed by atoms with Crippen LogP contribution < -0.4 is 5.32 Å². The molecule has 0 radical (unpaired) electrons. The molecule has 1 amide bonds. The van der Waals surface area contributed by atoms with Crippen LogP contribution in [0.4, 0.5) is 0 Å². The van der Waals surface area contributed by atoms with E-state index >= 15 is 0 Å². The first-order valence-electron chi connectivity index (χ1n) is 8.31. The van der Waals surface area contributed by atoms with Crippen molar-refractivity contribution in [3.63, 3.8) is 0 Å². The van der Waals surface area contributed by atoms with Crippen LogP contribution in [0.3, 0.4) is 0 Å². The molecular weight excluding hydrogens is 308 g/mol. The number of carbonyl (C=O) groups excluding carboxylic acids is 1. The fraction of sp³-hybridized carbons (Fsp3) is 0.529. The van der Waals surface area contributed by atoms with Crippen molar-refractivity contribution in [2.75, 3.05) is 26.2 Å². The van der Waals surface area contributed by atoms with Gasteiger partial charge in [-0.1, -0.05) is 6.92 Å². The van der Waals surface area contributed by atoms with Gasteiger partial charge >= 0.3 is 0 Å². The molecule has 1 fully saturated rings. The van der Waals surface area contributed by atoms with Crippen molar-refractivity contribution in [3.8, 4) is 0 Å². The third-order valence-corrected chi connectivity index (χ3v) is 4.40. The molecule has 3 rings (SSSR count). The molecule has 1 saturated heterocycles. The summed E-state index contributed by atoms with van der Waals surface area (Å²) in [4.78, 5) is 18.9. The van der Waals surface area contributed by atoms with E-state index in [0.717, 1.165) is 18.9 Å². The number of amides is 1. The zero-order chi connectivity index (χ0) is 16.9. The standard InChI is InChI=1S/C17H24N4O3/c1-3-21-8-10-24-14(16(21)17-18-6-7-20(17)2)12-19-15(22)11-13-5-4-9-23-13/h4-7,9,14,16H,3,8,10-12H2,1-2H3,(H,19,22)/t14-,16+/m0/s1. The Balaban J connectivity index is 1.65. The molecule has 0 spiro atoms. The molecule has 1 aliphatic rings. The summed E-state index contributed by atoms with van der Waals surface area (Å²) in [6.07, 6.45) is 5.42. The lowest BCUT2D eigenvalue weighted by Gasteiger charge is -2.40. The molecule has 130 valence electrons. The van der Waals surface area contributed by atoms with Gasteiger partial charge in [0.15, 0.2) is 0 Å². The zero-order valence-electron chi connectivity index (χ0n) is 14.1. The van der Waals surface area contributed by atoms with Crippen molar-refractivity contribution in [3.05, 3.63) is 42.4 Å². The van der Waals surface area contributed by atoms with Gasteiger partial charge in [0, 0.05) is 32.5 Å². The Hall–Kier alpha value is -2.12. The molecule has 1 aliphatic heterocycles. The lowest BCUT2D eigenvalue weighted by Crippen LogP contribution is -2.50. The SMILES string of the molecule is CCN1CCO[C@@H](CNC(=O)Cc2ccco2)[C@@H]1c1nccn1C. The van der Waals surface area contributed by atoms with E-state index in [9.17, 15) is 4.79 Å². The minimum Gasteiger partial charge on any atom is -0.469 e. The molecule has 7 heteroatoms. The Morgan fingerprint density at radius 3 is 3.04 bits per heavy atom. The Morgan fingerprint density at radius 2 is 2.38 bits per heavy atom. The maximum atomic E-state index is 12.1. The molecule has 0 aromatic carbocycles. The average Bonchev–Trinajstić information content (AvgIpc) is 3.24. The number of imidazole rings is 1. The first kappa shape index (κ1) is 16.7. The van der Waals surface area contributed by atoms with E-state index in [2.05, 4.69) is 22.1 Å². The maximum absolute atomic E-state index is 12.1. The van der Waals surface area contributed by atoms with Gasteiger partial charge in [-0.15, -0.1) is 0 Å². The zero-order valence-corrected chi connectivity index (χ0v) is 14.1. The van der Waals surface area contributed by atoms with Crippen LogP contribution in [-0.4, -0.2) is 52.7 Å². The van der Waals surface area contributed by atoms with Crippen molar-refractivity contribution in [2.24, 2.45) is 7.05 Å². The van der Waals surface area contributed by atoms with E-state index in [-0.39, 0.29) is 24.5 Å². The molecule has 2 atom stereocenters. The number of nitrogens with one attached hydrogen (secondary N) is 1. The normalized spacial score (nSPS) is 21.8. The first-order valence-corrected chi connectivity index (χ1v) is 8.31. The fourth-order valence-electron chi connectivity index (χ4n) is 3.15. The predicted octanol–water partition coefficient (Wildman–Crippen LogP) is 1.13. The Morgan fingerprint density at radius 1 is 1.50 bits per heavy atom. The van der Waals surface area contributed by atoms with Gasteiger partial charge < -0.3 is 19.0 Å². The number of aryl methyl sites for hydroxylation is 1. The van der Waals surface area contributed by atoms with E-state index in [1.807, 2.05) is 17.8 Å². The summed E-state index contributed by atoms with van der Waals surface area (Å²) in [6, 6.07) is 3.61.